The Morgan fingerprint density at radius 1 is 1.68 bits per heavy atom. The number of nitrogens with one attached hydrogen (secondary N) is 1. The van der Waals surface area contributed by atoms with Crippen molar-refractivity contribution in [2.75, 3.05) is 19.6 Å². The lowest BCUT2D eigenvalue weighted by Gasteiger charge is -2.26. The molecular weight excluding hydrogens is 270 g/mol. The van der Waals surface area contributed by atoms with Crippen molar-refractivity contribution in [1.82, 2.24) is 19.4 Å². The summed E-state index contributed by atoms with van der Waals surface area (Å²) in [5, 5.41) is 6.98. The van der Waals surface area contributed by atoms with E-state index in [1.807, 2.05) is 0 Å². The highest BCUT2D eigenvalue weighted by atomic mass is 32.2. The highest BCUT2D eigenvalue weighted by Gasteiger charge is 2.35. The van der Waals surface area contributed by atoms with Crippen molar-refractivity contribution in [1.29, 1.82) is 0 Å². The summed E-state index contributed by atoms with van der Waals surface area (Å²) in [5.74, 6) is -0.669. The minimum Gasteiger partial charge on any atom is -0.369 e. The molecule has 19 heavy (non-hydrogen) atoms. The van der Waals surface area contributed by atoms with Crippen LogP contribution in [0.4, 0.5) is 0 Å². The Kier molecular flexibility index (Phi) is 3.88. The van der Waals surface area contributed by atoms with Gasteiger partial charge in [-0.1, -0.05) is 0 Å². The first-order valence-electron chi connectivity index (χ1n) is 5.92. The number of sulfonamides is 1. The molecule has 1 atom stereocenters. The van der Waals surface area contributed by atoms with Gasteiger partial charge in [0.2, 0.25) is 5.91 Å². The summed E-state index contributed by atoms with van der Waals surface area (Å²) in [6, 6.07) is 1.15. The largest absolute Gasteiger partial charge is 0.369 e. The van der Waals surface area contributed by atoms with Crippen LogP contribution in [0, 0.1) is 0 Å². The monoisotopic (exact) mass is 287 g/mol. The fourth-order valence-electron chi connectivity index (χ4n) is 2.18. The molecule has 1 amide bonds. The molecule has 0 aromatic carbocycles. The minimum atomic E-state index is -3.77. The second-order valence-electron chi connectivity index (χ2n) is 4.46. The van der Waals surface area contributed by atoms with Crippen molar-refractivity contribution in [3.63, 3.8) is 0 Å². The first-order valence-corrected chi connectivity index (χ1v) is 7.36. The molecule has 2 heterocycles. The molecule has 106 valence electrons. The van der Waals surface area contributed by atoms with E-state index in [4.69, 9.17) is 5.73 Å². The van der Waals surface area contributed by atoms with Crippen LogP contribution in [0.2, 0.25) is 0 Å². The summed E-state index contributed by atoms with van der Waals surface area (Å²) in [6.45, 7) is 0.922. The van der Waals surface area contributed by atoms with Crippen molar-refractivity contribution in [3.8, 4) is 0 Å². The van der Waals surface area contributed by atoms with Gasteiger partial charge >= 0.3 is 0 Å². The van der Waals surface area contributed by atoms with Crippen LogP contribution in [-0.4, -0.2) is 54.1 Å². The maximum absolute atomic E-state index is 12.6. The molecule has 1 aliphatic rings. The first-order chi connectivity index (χ1) is 8.93. The van der Waals surface area contributed by atoms with E-state index in [1.165, 1.54) is 16.9 Å². The molecule has 0 aliphatic carbocycles. The van der Waals surface area contributed by atoms with E-state index in [0.29, 0.717) is 13.0 Å². The zero-order chi connectivity index (χ0) is 14.0. The van der Waals surface area contributed by atoms with Gasteiger partial charge in [0.15, 0.2) is 5.03 Å². The average Bonchev–Trinajstić information content (AvgIpc) is 2.95. The molecule has 0 spiro atoms. The van der Waals surface area contributed by atoms with Gasteiger partial charge < -0.3 is 11.1 Å². The second kappa shape index (κ2) is 5.27. The molecule has 3 N–H and O–H groups in total. The topological polar surface area (TPSA) is 110 Å². The summed E-state index contributed by atoms with van der Waals surface area (Å²) in [4.78, 5) is 11.1. The Morgan fingerprint density at radius 3 is 2.89 bits per heavy atom. The van der Waals surface area contributed by atoms with Gasteiger partial charge in [-0.2, -0.15) is 9.40 Å². The molecule has 1 unspecified atom stereocenters. The van der Waals surface area contributed by atoms with Crippen LogP contribution >= 0.6 is 0 Å². The third-order valence-corrected chi connectivity index (χ3v) is 5.08. The van der Waals surface area contributed by atoms with E-state index in [1.54, 1.807) is 7.05 Å². The van der Waals surface area contributed by atoms with Gasteiger partial charge in [0.05, 0.1) is 12.7 Å². The van der Waals surface area contributed by atoms with Crippen molar-refractivity contribution in [2.45, 2.75) is 17.5 Å². The number of aromatic nitrogens is 2. The Labute approximate surface area is 111 Å². The maximum atomic E-state index is 12.6. The summed E-state index contributed by atoms with van der Waals surface area (Å²) in [6.07, 6.45) is 2.06. The van der Waals surface area contributed by atoms with Crippen LogP contribution < -0.4 is 11.1 Å². The lowest BCUT2D eigenvalue weighted by Crippen LogP contribution is -2.46. The molecule has 1 aromatic heterocycles. The van der Waals surface area contributed by atoms with Crippen molar-refractivity contribution in [3.05, 3.63) is 12.3 Å². The lowest BCUT2D eigenvalue weighted by atomic mass is 10.2. The van der Waals surface area contributed by atoms with E-state index in [0.717, 1.165) is 10.8 Å². The van der Waals surface area contributed by atoms with E-state index in [9.17, 15) is 13.2 Å². The minimum absolute atomic E-state index is 0.0562. The van der Waals surface area contributed by atoms with Crippen LogP contribution in [0.25, 0.3) is 0 Å². The third kappa shape index (κ3) is 2.77. The Balaban J connectivity index is 2.36. The number of carbonyl (C=O) groups is 1. The fourth-order valence-corrected chi connectivity index (χ4v) is 3.91. The number of aryl methyl sites for hydroxylation is 1. The molecule has 0 saturated carbocycles. The van der Waals surface area contributed by atoms with Crippen LogP contribution in [0.1, 0.15) is 6.42 Å². The Bertz CT molecular complexity index is 561. The molecule has 2 rings (SSSR count). The van der Waals surface area contributed by atoms with Gasteiger partial charge in [0.1, 0.15) is 0 Å². The predicted molar refractivity (Wildman–Crippen MR) is 67.6 cm³/mol. The number of hydrogen-bond donors (Lipinski definition) is 2. The standard InChI is InChI=1S/C10H17N5O3S/c1-14-10(3-5-13-14)19(17,18)15(7-9(11)16)8-2-4-12-6-8/h3,5,8,12H,2,4,6-7H2,1H3,(H2,11,16). The Morgan fingerprint density at radius 2 is 2.42 bits per heavy atom. The van der Waals surface area contributed by atoms with Gasteiger partial charge in [0.25, 0.3) is 10.0 Å². The van der Waals surface area contributed by atoms with E-state index in [-0.39, 0.29) is 17.6 Å². The smallest absolute Gasteiger partial charge is 0.260 e. The summed E-state index contributed by atoms with van der Waals surface area (Å²) in [7, 11) is -2.23. The third-order valence-electron chi connectivity index (χ3n) is 3.10. The van der Waals surface area contributed by atoms with E-state index in [2.05, 4.69) is 10.4 Å². The number of carbonyl (C=O) groups excluding carboxylic acids is 1. The molecule has 1 aromatic rings. The number of rotatable bonds is 5. The number of hydrogen-bond acceptors (Lipinski definition) is 5. The molecule has 1 aliphatic heterocycles. The summed E-state index contributed by atoms with van der Waals surface area (Å²) in [5.41, 5.74) is 5.16. The molecular formula is C10H17N5O3S. The molecule has 0 radical (unpaired) electrons. The van der Waals surface area contributed by atoms with Crippen molar-refractivity contribution >= 4 is 15.9 Å². The zero-order valence-corrected chi connectivity index (χ0v) is 11.4. The number of nitrogens with two attached hydrogens (primary N) is 1. The van der Waals surface area contributed by atoms with Gasteiger partial charge in [-0.05, 0) is 19.0 Å². The number of amides is 1. The van der Waals surface area contributed by atoms with Crippen LogP contribution in [0.3, 0.4) is 0 Å². The van der Waals surface area contributed by atoms with E-state index >= 15 is 0 Å². The summed E-state index contributed by atoms with van der Waals surface area (Å²) < 4.78 is 27.6. The van der Waals surface area contributed by atoms with Crippen molar-refractivity contribution < 1.29 is 13.2 Å². The van der Waals surface area contributed by atoms with Crippen molar-refractivity contribution in [2.24, 2.45) is 12.8 Å². The SMILES string of the molecule is Cn1nccc1S(=O)(=O)N(CC(N)=O)C1CCNC1. The quantitative estimate of drug-likeness (QED) is 0.668. The van der Waals surface area contributed by atoms with Gasteiger partial charge in [-0.3, -0.25) is 9.48 Å². The van der Waals surface area contributed by atoms with Crippen LogP contribution in [-0.2, 0) is 21.9 Å². The maximum Gasteiger partial charge on any atom is 0.260 e. The molecule has 9 heteroatoms. The molecule has 0 bridgehead atoms. The summed E-state index contributed by atoms with van der Waals surface area (Å²) >= 11 is 0. The molecule has 8 nitrogen and oxygen atoms in total. The molecule has 1 fully saturated rings. The predicted octanol–water partition coefficient (Wildman–Crippen LogP) is -1.74. The van der Waals surface area contributed by atoms with Gasteiger partial charge in [-0.25, -0.2) is 8.42 Å². The average molecular weight is 287 g/mol. The normalized spacial score (nSPS) is 20.0. The molecule has 1 saturated heterocycles. The highest BCUT2D eigenvalue weighted by molar-refractivity contribution is 7.89. The second-order valence-corrected chi connectivity index (χ2v) is 6.29. The number of nitrogens with zero attached hydrogens (tertiary/aromatic N) is 3. The van der Waals surface area contributed by atoms with Crippen LogP contribution in [0.15, 0.2) is 17.3 Å². The van der Waals surface area contributed by atoms with Crippen LogP contribution in [0.5, 0.6) is 0 Å². The number of primary amides is 1. The van der Waals surface area contributed by atoms with Gasteiger partial charge in [-0.15, -0.1) is 0 Å². The zero-order valence-electron chi connectivity index (χ0n) is 10.6. The highest BCUT2D eigenvalue weighted by Crippen LogP contribution is 2.20. The Hall–Kier alpha value is -1.45. The fraction of sp³-hybridized carbons (Fsp3) is 0.600. The van der Waals surface area contributed by atoms with Gasteiger partial charge in [0, 0.05) is 19.6 Å². The first kappa shape index (κ1) is 14.0. The lowest BCUT2D eigenvalue weighted by molar-refractivity contribution is -0.118. The van der Waals surface area contributed by atoms with E-state index < -0.39 is 15.9 Å².